The van der Waals surface area contributed by atoms with Gasteiger partial charge >= 0.3 is 0 Å². The van der Waals surface area contributed by atoms with E-state index in [1.807, 2.05) is 34.6 Å². The normalized spacial score (nSPS) is 11.5. The molecule has 0 spiro atoms. The fourth-order valence-electron chi connectivity index (χ4n) is 2.80. The lowest BCUT2D eigenvalue weighted by atomic mass is 9.95. The SMILES string of the molecule is COc1ccc(NS(=O)(=O)c2c(C)c(C)c(C)c(C)c2C)cc1Cl. The van der Waals surface area contributed by atoms with Crippen molar-refractivity contribution in [3.05, 3.63) is 51.0 Å². The van der Waals surface area contributed by atoms with Crippen LogP contribution in [0.3, 0.4) is 0 Å². The summed E-state index contributed by atoms with van der Waals surface area (Å²) >= 11 is 6.08. The lowest BCUT2D eigenvalue weighted by Crippen LogP contribution is -2.17. The Kier molecular flexibility index (Phi) is 5.16. The number of hydrogen-bond donors (Lipinski definition) is 1. The van der Waals surface area contributed by atoms with Crippen LogP contribution >= 0.6 is 11.6 Å². The Labute approximate surface area is 148 Å². The highest BCUT2D eigenvalue weighted by Gasteiger charge is 2.24. The van der Waals surface area contributed by atoms with Crippen LogP contribution in [-0.4, -0.2) is 15.5 Å². The van der Waals surface area contributed by atoms with Crippen LogP contribution in [0, 0.1) is 34.6 Å². The van der Waals surface area contributed by atoms with Crippen LogP contribution in [0.5, 0.6) is 5.75 Å². The first-order chi connectivity index (χ1) is 11.1. The number of rotatable bonds is 4. The van der Waals surface area contributed by atoms with Gasteiger partial charge in [0.05, 0.1) is 22.7 Å². The maximum absolute atomic E-state index is 12.9. The minimum absolute atomic E-state index is 0.329. The van der Waals surface area contributed by atoms with E-state index in [0.29, 0.717) is 21.4 Å². The number of hydrogen-bond acceptors (Lipinski definition) is 3. The molecular formula is C18H22ClNO3S. The molecular weight excluding hydrogens is 346 g/mol. The third-order valence-electron chi connectivity index (χ3n) is 4.60. The molecule has 0 unspecified atom stereocenters. The van der Waals surface area contributed by atoms with E-state index < -0.39 is 10.0 Å². The summed E-state index contributed by atoms with van der Waals surface area (Å²) in [4.78, 5) is 0.329. The molecule has 0 aromatic heterocycles. The van der Waals surface area contributed by atoms with Gasteiger partial charge in [0.2, 0.25) is 0 Å². The Morgan fingerprint density at radius 2 is 1.42 bits per heavy atom. The van der Waals surface area contributed by atoms with Gasteiger partial charge in [0.15, 0.2) is 0 Å². The van der Waals surface area contributed by atoms with Crippen molar-refractivity contribution in [3.8, 4) is 5.75 Å². The van der Waals surface area contributed by atoms with Gasteiger partial charge in [-0.2, -0.15) is 0 Å². The molecule has 2 aromatic rings. The Morgan fingerprint density at radius 3 is 1.88 bits per heavy atom. The lowest BCUT2D eigenvalue weighted by Gasteiger charge is -2.19. The van der Waals surface area contributed by atoms with Gasteiger partial charge in [-0.1, -0.05) is 11.6 Å². The van der Waals surface area contributed by atoms with Gasteiger partial charge in [0.25, 0.3) is 10.0 Å². The van der Waals surface area contributed by atoms with Crippen molar-refractivity contribution in [3.63, 3.8) is 0 Å². The maximum atomic E-state index is 12.9. The minimum atomic E-state index is -3.72. The molecule has 0 saturated carbocycles. The largest absolute Gasteiger partial charge is 0.495 e. The second-order valence-corrected chi connectivity index (χ2v) is 7.94. The zero-order valence-electron chi connectivity index (χ0n) is 14.7. The molecule has 0 amide bonds. The van der Waals surface area contributed by atoms with Crippen LogP contribution in [0.2, 0.25) is 5.02 Å². The Bertz CT molecular complexity index is 876. The molecule has 0 atom stereocenters. The summed E-state index contributed by atoms with van der Waals surface area (Å²) in [5.41, 5.74) is 5.04. The first-order valence-electron chi connectivity index (χ1n) is 7.53. The van der Waals surface area contributed by atoms with Crippen molar-refractivity contribution in [2.45, 2.75) is 39.5 Å². The average molecular weight is 368 g/mol. The van der Waals surface area contributed by atoms with Crippen LogP contribution in [-0.2, 0) is 10.0 Å². The van der Waals surface area contributed by atoms with E-state index >= 15 is 0 Å². The van der Waals surface area contributed by atoms with Crippen molar-refractivity contribution < 1.29 is 13.2 Å². The lowest BCUT2D eigenvalue weighted by molar-refractivity contribution is 0.415. The fraction of sp³-hybridized carbons (Fsp3) is 0.333. The van der Waals surface area contributed by atoms with E-state index in [1.165, 1.54) is 13.2 Å². The highest BCUT2D eigenvalue weighted by Crippen LogP contribution is 2.32. The van der Waals surface area contributed by atoms with Crippen LogP contribution in [0.1, 0.15) is 27.8 Å². The Balaban J connectivity index is 2.55. The monoisotopic (exact) mass is 367 g/mol. The summed E-state index contributed by atoms with van der Waals surface area (Å²) in [6.07, 6.45) is 0. The van der Waals surface area contributed by atoms with E-state index in [2.05, 4.69) is 4.72 Å². The molecule has 0 aliphatic rings. The topological polar surface area (TPSA) is 55.4 Å². The first-order valence-corrected chi connectivity index (χ1v) is 9.39. The van der Waals surface area contributed by atoms with Crippen LogP contribution in [0.4, 0.5) is 5.69 Å². The predicted octanol–water partition coefficient (Wildman–Crippen LogP) is 4.69. The van der Waals surface area contributed by atoms with Crippen molar-refractivity contribution in [2.75, 3.05) is 11.8 Å². The molecule has 0 fully saturated rings. The van der Waals surface area contributed by atoms with E-state index in [1.54, 1.807) is 12.1 Å². The van der Waals surface area contributed by atoms with Gasteiger partial charge in [0, 0.05) is 0 Å². The smallest absolute Gasteiger partial charge is 0.262 e. The van der Waals surface area contributed by atoms with E-state index in [0.717, 1.165) is 27.8 Å². The number of halogens is 1. The summed E-state index contributed by atoms with van der Waals surface area (Å²) in [5.74, 6) is 0.494. The van der Waals surface area contributed by atoms with Crippen molar-refractivity contribution >= 4 is 27.3 Å². The molecule has 2 aromatic carbocycles. The van der Waals surface area contributed by atoms with Gasteiger partial charge in [-0.25, -0.2) is 8.42 Å². The zero-order valence-corrected chi connectivity index (χ0v) is 16.3. The number of methoxy groups -OCH3 is 1. The maximum Gasteiger partial charge on any atom is 0.262 e. The molecule has 0 aliphatic heterocycles. The summed E-state index contributed by atoms with van der Waals surface area (Å²) in [5, 5.41) is 0.349. The van der Waals surface area contributed by atoms with Gasteiger partial charge in [-0.3, -0.25) is 4.72 Å². The van der Waals surface area contributed by atoms with Crippen LogP contribution < -0.4 is 9.46 Å². The van der Waals surface area contributed by atoms with Crippen LogP contribution in [0.15, 0.2) is 23.1 Å². The second kappa shape index (κ2) is 6.65. The number of anilines is 1. The van der Waals surface area contributed by atoms with Crippen LogP contribution in [0.25, 0.3) is 0 Å². The van der Waals surface area contributed by atoms with E-state index in [4.69, 9.17) is 16.3 Å². The molecule has 0 aliphatic carbocycles. The molecule has 0 heterocycles. The summed E-state index contributed by atoms with van der Waals surface area (Å²) in [6, 6.07) is 4.79. The molecule has 0 saturated heterocycles. The minimum Gasteiger partial charge on any atom is -0.495 e. The number of ether oxygens (including phenoxy) is 1. The quantitative estimate of drug-likeness (QED) is 0.852. The van der Waals surface area contributed by atoms with Gasteiger partial charge in [-0.05, 0) is 80.6 Å². The number of nitrogens with one attached hydrogen (secondary N) is 1. The fourth-order valence-corrected chi connectivity index (χ4v) is 4.71. The highest BCUT2D eigenvalue weighted by atomic mass is 35.5. The van der Waals surface area contributed by atoms with E-state index in [9.17, 15) is 8.42 Å². The molecule has 24 heavy (non-hydrogen) atoms. The summed E-state index contributed by atoms with van der Waals surface area (Å²) in [6.45, 7) is 9.58. The first kappa shape index (κ1) is 18.6. The molecule has 130 valence electrons. The second-order valence-electron chi connectivity index (χ2n) is 5.91. The van der Waals surface area contributed by atoms with Gasteiger partial charge < -0.3 is 4.74 Å². The molecule has 6 heteroatoms. The highest BCUT2D eigenvalue weighted by molar-refractivity contribution is 7.92. The van der Waals surface area contributed by atoms with E-state index in [-0.39, 0.29) is 0 Å². The summed E-state index contributed by atoms with van der Waals surface area (Å²) in [7, 11) is -2.21. The Hall–Kier alpha value is -1.72. The third-order valence-corrected chi connectivity index (χ3v) is 6.55. The predicted molar refractivity (Wildman–Crippen MR) is 98.9 cm³/mol. The molecule has 1 N–H and O–H groups in total. The molecule has 0 radical (unpaired) electrons. The molecule has 2 rings (SSSR count). The molecule has 4 nitrogen and oxygen atoms in total. The van der Waals surface area contributed by atoms with Crippen molar-refractivity contribution in [2.24, 2.45) is 0 Å². The molecule has 0 bridgehead atoms. The third kappa shape index (κ3) is 3.23. The average Bonchev–Trinajstić information content (AvgIpc) is 2.50. The van der Waals surface area contributed by atoms with Crippen molar-refractivity contribution in [1.29, 1.82) is 0 Å². The van der Waals surface area contributed by atoms with Gasteiger partial charge in [0.1, 0.15) is 5.75 Å². The van der Waals surface area contributed by atoms with Gasteiger partial charge in [-0.15, -0.1) is 0 Å². The number of sulfonamides is 1. The van der Waals surface area contributed by atoms with Crippen molar-refractivity contribution in [1.82, 2.24) is 0 Å². The zero-order chi connectivity index (χ0) is 18.2. The number of benzene rings is 2. The summed E-state index contributed by atoms with van der Waals surface area (Å²) < 4.78 is 33.6. The Morgan fingerprint density at radius 1 is 0.917 bits per heavy atom. The standard InChI is InChI=1S/C18H22ClNO3S/c1-10-11(2)13(4)18(14(5)12(10)3)24(21,22)20-15-7-8-17(23-6)16(19)9-15/h7-9,20H,1-6H3.